The number of benzene rings is 2. The maximum atomic E-state index is 12.3. The molecule has 2 aromatic carbocycles. The Labute approximate surface area is 101 Å². The molecule has 0 atom stereocenters. The van der Waals surface area contributed by atoms with Crippen molar-refractivity contribution in [1.29, 1.82) is 0 Å². The lowest BCUT2D eigenvalue weighted by molar-refractivity contribution is 0.103. The summed E-state index contributed by atoms with van der Waals surface area (Å²) in [5, 5.41) is 0. The Kier molecular flexibility index (Phi) is 3.24. The molecule has 0 unspecified atom stereocenters. The first-order chi connectivity index (χ1) is 8.22. The molecule has 0 saturated carbocycles. The van der Waals surface area contributed by atoms with Crippen LogP contribution in [0.3, 0.4) is 0 Å². The molecule has 0 N–H and O–H groups in total. The van der Waals surface area contributed by atoms with Gasteiger partial charge in [0.05, 0.1) is 12.7 Å². The van der Waals surface area contributed by atoms with E-state index in [1.807, 2.05) is 43.3 Å². The Hall–Kier alpha value is -2.09. The van der Waals surface area contributed by atoms with Gasteiger partial charge in [-0.3, -0.25) is 4.79 Å². The zero-order chi connectivity index (χ0) is 12.3. The molecular weight excluding hydrogens is 212 g/mol. The molecule has 0 saturated heterocycles. The first-order valence-electron chi connectivity index (χ1n) is 5.47. The second kappa shape index (κ2) is 4.83. The zero-order valence-corrected chi connectivity index (χ0v) is 9.94. The molecule has 2 rings (SSSR count). The molecule has 0 spiro atoms. The van der Waals surface area contributed by atoms with Gasteiger partial charge in [-0.25, -0.2) is 0 Å². The fraction of sp³-hybridized carbons (Fsp3) is 0.133. The van der Waals surface area contributed by atoms with Gasteiger partial charge >= 0.3 is 0 Å². The van der Waals surface area contributed by atoms with Gasteiger partial charge in [0.15, 0.2) is 5.78 Å². The van der Waals surface area contributed by atoms with Crippen LogP contribution in [0.2, 0.25) is 0 Å². The van der Waals surface area contributed by atoms with Gasteiger partial charge in [0, 0.05) is 5.56 Å². The van der Waals surface area contributed by atoms with Gasteiger partial charge in [-0.15, -0.1) is 0 Å². The Morgan fingerprint density at radius 1 is 1.00 bits per heavy atom. The quantitative estimate of drug-likeness (QED) is 0.751. The van der Waals surface area contributed by atoms with Crippen LogP contribution in [0.1, 0.15) is 21.5 Å². The summed E-state index contributed by atoms with van der Waals surface area (Å²) in [5.41, 5.74) is 2.42. The molecule has 0 heterocycles. The molecule has 0 fully saturated rings. The van der Waals surface area contributed by atoms with Gasteiger partial charge < -0.3 is 4.74 Å². The van der Waals surface area contributed by atoms with Gasteiger partial charge in [0.2, 0.25) is 0 Å². The number of carbonyl (C=O) groups excluding carboxylic acids is 1. The first kappa shape index (κ1) is 11.4. The van der Waals surface area contributed by atoms with E-state index < -0.39 is 0 Å². The van der Waals surface area contributed by atoms with Crippen molar-refractivity contribution in [2.75, 3.05) is 7.11 Å². The minimum Gasteiger partial charge on any atom is -0.496 e. The van der Waals surface area contributed by atoms with Crippen molar-refractivity contribution in [3.63, 3.8) is 0 Å². The number of methoxy groups -OCH3 is 1. The third-order valence-corrected chi connectivity index (χ3v) is 2.67. The van der Waals surface area contributed by atoms with Crippen molar-refractivity contribution in [1.82, 2.24) is 0 Å². The lowest BCUT2D eigenvalue weighted by Crippen LogP contribution is -2.03. The summed E-state index contributed by atoms with van der Waals surface area (Å²) in [6.45, 7) is 2.00. The fourth-order valence-corrected chi connectivity index (χ4v) is 1.69. The molecule has 0 radical (unpaired) electrons. The minimum atomic E-state index is -0.0116. The van der Waals surface area contributed by atoms with Gasteiger partial charge in [-0.05, 0) is 19.1 Å². The molecule has 0 aliphatic heterocycles. The molecule has 0 aliphatic carbocycles. The molecule has 86 valence electrons. The topological polar surface area (TPSA) is 26.3 Å². The average Bonchev–Trinajstić information content (AvgIpc) is 2.39. The predicted molar refractivity (Wildman–Crippen MR) is 67.6 cm³/mol. The third-order valence-electron chi connectivity index (χ3n) is 2.67. The molecule has 2 nitrogen and oxygen atoms in total. The van der Waals surface area contributed by atoms with Gasteiger partial charge in [0.25, 0.3) is 0 Å². The van der Waals surface area contributed by atoms with Crippen molar-refractivity contribution in [3.8, 4) is 5.75 Å². The van der Waals surface area contributed by atoms with Crippen molar-refractivity contribution >= 4 is 5.78 Å². The molecule has 0 aliphatic rings. The van der Waals surface area contributed by atoms with Crippen LogP contribution in [0.4, 0.5) is 0 Å². The fourth-order valence-electron chi connectivity index (χ4n) is 1.69. The molecular formula is C15H14O2. The number of hydrogen-bond donors (Lipinski definition) is 0. The summed E-state index contributed by atoms with van der Waals surface area (Å²) in [7, 11) is 1.57. The predicted octanol–water partition coefficient (Wildman–Crippen LogP) is 3.23. The monoisotopic (exact) mass is 226 g/mol. The molecule has 2 aromatic rings. The highest BCUT2D eigenvalue weighted by atomic mass is 16.5. The Balaban J connectivity index is 2.40. The second-order valence-electron chi connectivity index (χ2n) is 3.90. The number of rotatable bonds is 3. The number of aryl methyl sites for hydroxylation is 1. The molecule has 0 bridgehead atoms. The van der Waals surface area contributed by atoms with Crippen LogP contribution in [-0.2, 0) is 0 Å². The smallest absolute Gasteiger partial charge is 0.196 e. The van der Waals surface area contributed by atoms with Crippen molar-refractivity contribution in [3.05, 3.63) is 65.2 Å². The number of carbonyl (C=O) groups is 1. The van der Waals surface area contributed by atoms with E-state index in [1.165, 1.54) is 0 Å². The number of hydrogen-bond acceptors (Lipinski definition) is 2. The lowest BCUT2D eigenvalue weighted by Gasteiger charge is -2.07. The van der Waals surface area contributed by atoms with Crippen molar-refractivity contribution in [2.45, 2.75) is 6.92 Å². The van der Waals surface area contributed by atoms with E-state index in [0.29, 0.717) is 16.9 Å². The SMILES string of the molecule is COc1ccccc1C(=O)c1ccc(C)cc1. The van der Waals surface area contributed by atoms with Crippen LogP contribution in [0, 0.1) is 6.92 Å². The van der Waals surface area contributed by atoms with Crippen molar-refractivity contribution in [2.24, 2.45) is 0 Å². The zero-order valence-electron chi connectivity index (χ0n) is 9.94. The highest BCUT2D eigenvalue weighted by Crippen LogP contribution is 2.21. The largest absolute Gasteiger partial charge is 0.496 e. The average molecular weight is 226 g/mol. The Morgan fingerprint density at radius 2 is 1.65 bits per heavy atom. The normalized spacial score (nSPS) is 10.0. The third kappa shape index (κ3) is 2.36. The van der Waals surface area contributed by atoms with E-state index in [0.717, 1.165) is 5.56 Å². The summed E-state index contributed by atoms with van der Waals surface area (Å²) in [4.78, 5) is 12.3. The number of ether oxygens (including phenoxy) is 1. The van der Waals surface area contributed by atoms with Gasteiger partial charge in [-0.2, -0.15) is 0 Å². The highest BCUT2D eigenvalue weighted by molar-refractivity contribution is 6.10. The summed E-state index contributed by atoms with van der Waals surface area (Å²) < 4.78 is 5.19. The number of para-hydroxylation sites is 1. The Morgan fingerprint density at radius 3 is 2.29 bits per heavy atom. The van der Waals surface area contributed by atoms with E-state index in [9.17, 15) is 4.79 Å². The summed E-state index contributed by atoms with van der Waals surface area (Å²) in [6.07, 6.45) is 0. The summed E-state index contributed by atoms with van der Waals surface area (Å²) in [6, 6.07) is 14.8. The molecule has 2 heteroatoms. The van der Waals surface area contributed by atoms with Crippen LogP contribution < -0.4 is 4.74 Å². The van der Waals surface area contributed by atoms with Crippen LogP contribution in [0.25, 0.3) is 0 Å². The highest BCUT2D eigenvalue weighted by Gasteiger charge is 2.13. The van der Waals surface area contributed by atoms with Crippen LogP contribution in [0.5, 0.6) is 5.75 Å². The van der Waals surface area contributed by atoms with Gasteiger partial charge in [0.1, 0.15) is 5.75 Å². The van der Waals surface area contributed by atoms with E-state index in [-0.39, 0.29) is 5.78 Å². The maximum Gasteiger partial charge on any atom is 0.196 e. The van der Waals surface area contributed by atoms with Crippen LogP contribution in [-0.4, -0.2) is 12.9 Å². The van der Waals surface area contributed by atoms with E-state index in [4.69, 9.17) is 4.74 Å². The number of ketones is 1. The summed E-state index contributed by atoms with van der Waals surface area (Å²) in [5.74, 6) is 0.598. The Bertz CT molecular complexity index is 527. The van der Waals surface area contributed by atoms with Crippen LogP contribution in [0.15, 0.2) is 48.5 Å². The summed E-state index contributed by atoms with van der Waals surface area (Å²) >= 11 is 0. The van der Waals surface area contributed by atoms with E-state index >= 15 is 0 Å². The van der Waals surface area contributed by atoms with E-state index in [2.05, 4.69) is 0 Å². The van der Waals surface area contributed by atoms with Crippen molar-refractivity contribution < 1.29 is 9.53 Å². The molecule has 0 amide bonds. The van der Waals surface area contributed by atoms with Crippen LogP contribution >= 0.6 is 0 Å². The first-order valence-corrected chi connectivity index (χ1v) is 5.47. The standard InChI is InChI=1S/C15H14O2/c1-11-7-9-12(10-8-11)15(16)13-5-3-4-6-14(13)17-2/h3-10H,1-2H3. The van der Waals surface area contributed by atoms with E-state index in [1.54, 1.807) is 19.2 Å². The van der Waals surface area contributed by atoms with Gasteiger partial charge in [-0.1, -0.05) is 42.0 Å². The molecule has 0 aromatic heterocycles. The molecule has 17 heavy (non-hydrogen) atoms. The maximum absolute atomic E-state index is 12.3. The lowest BCUT2D eigenvalue weighted by atomic mass is 10.0. The second-order valence-corrected chi connectivity index (χ2v) is 3.90. The minimum absolute atomic E-state index is 0.0116.